The first-order valence-corrected chi connectivity index (χ1v) is 4.44. The van der Waals surface area contributed by atoms with Crippen LogP contribution in [0.25, 0.3) is 0 Å². The molecule has 0 fully saturated rings. The Kier molecular flexibility index (Phi) is 3.38. The van der Waals surface area contributed by atoms with Crippen LogP contribution in [0.4, 0.5) is 17.6 Å². The average Bonchev–Trinajstić information content (AvgIpc) is 2.15. The maximum atomic E-state index is 13.5. The van der Waals surface area contributed by atoms with Crippen molar-refractivity contribution in [3.63, 3.8) is 0 Å². The largest absolute Gasteiger partial charge is 0.419 e. The number of hydrogen-bond donors (Lipinski definition) is 1. The van der Waals surface area contributed by atoms with Gasteiger partial charge >= 0.3 is 6.18 Å². The Bertz CT molecular complexity index is 409. The van der Waals surface area contributed by atoms with E-state index in [1.807, 2.05) is 0 Å². The van der Waals surface area contributed by atoms with Crippen LogP contribution in [0.1, 0.15) is 24.2 Å². The molecule has 5 heteroatoms. The van der Waals surface area contributed by atoms with Crippen molar-refractivity contribution in [3.05, 3.63) is 47.3 Å². The Balaban J connectivity index is 3.30. The average molecular weight is 234 g/mol. The summed E-state index contributed by atoms with van der Waals surface area (Å²) in [6.07, 6.45) is -6.20. The van der Waals surface area contributed by atoms with E-state index < -0.39 is 29.2 Å². The van der Waals surface area contributed by atoms with Gasteiger partial charge in [0.25, 0.3) is 0 Å². The predicted octanol–water partition coefficient (Wildman–Crippen LogP) is 3.45. The van der Waals surface area contributed by atoms with Gasteiger partial charge in [0, 0.05) is 5.56 Å². The van der Waals surface area contributed by atoms with Crippen molar-refractivity contribution in [1.82, 2.24) is 0 Å². The van der Waals surface area contributed by atoms with Crippen molar-refractivity contribution < 1.29 is 22.7 Å². The molecule has 0 saturated heterocycles. The quantitative estimate of drug-likeness (QED) is 0.613. The van der Waals surface area contributed by atoms with E-state index in [1.54, 1.807) is 0 Å². The van der Waals surface area contributed by atoms with Gasteiger partial charge in [-0.15, -0.1) is 0 Å². The number of alkyl halides is 3. The molecule has 0 saturated carbocycles. The van der Waals surface area contributed by atoms with Gasteiger partial charge in [0.1, 0.15) is 11.9 Å². The van der Waals surface area contributed by atoms with E-state index in [2.05, 4.69) is 6.58 Å². The first kappa shape index (κ1) is 12.7. The fraction of sp³-hybridized carbons (Fsp3) is 0.273. The van der Waals surface area contributed by atoms with E-state index in [1.165, 1.54) is 6.92 Å². The lowest BCUT2D eigenvalue weighted by atomic mass is 10.0. The number of benzene rings is 1. The number of aliphatic hydroxyl groups is 1. The summed E-state index contributed by atoms with van der Waals surface area (Å²) in [5.74, 6) is -1.45. The summed E-state index contributed by atoms with van der Waals surface area (Å²) in [5.41, 5.74) is -1.62. The molecule has 0 bridgehead atoms. The third-order valence-corrected chi connectivity index (χ3v) is 2.10. The van der Waals surface area contributed by atoms with Gasteiger partial charge in [-0.3, -0.25) is 0 Å². The first-order chi connectivity index (χ1) is 7.25. The zero-order valence-corrected chi connectivity index (χ0v) is 8.48. The summed E-state index contributed by atoms with van der Waals surface area (Å²) in [4.78, 5) is 0. The lowest BCUT2D eigenvalue weighted by Crippen LogP contribution is -2.12. The van der Waals surface area contributed by atoms with Gasteiger partial charge in [-0.2, -0.15) is 13.2 Å². The van der Waals surface area contributed by atoms with E-state index in [4.69, 9.17) is 0 Å². The molecule has 1 N–H and O–H groups in total. The molecular weight excluding hydrogens is 224 g/mol. The Labute approximate surface area is 90.0 Å². The fourth-order valence-corrected chi connectivity index (χ4v) is 1.25. The first-order valence-electron chi connectivity index (χ1n) is 4.44. The molecule has 1 aromatic carbocycles. The van der Waals surface area contributed by atoms with Crippen molar-refractivity contribution in [2.75, 3.05) is 0 Å². The molecule has 88 valence electrons. The van der Waals surface area contributed by atoms with Crippen molar-refractivity contribution in [2.45, 2.75) is 19.2 Å². The highest BCUT2D eigenvalue weighted by Gasteiger charge is 2.35. The SMILES string of the molecule is C=C(C)C(O)c1cccc(C(F)(F)F)c1F. The van der Waals surface area contributed by atoms with Crippen LogP contribution in [0, 0.1) is 5.82 Å². The van der Waals surface area contributed by atoms with Crippen LogP contribution in [0.2, 0.25) is 0 Å². The summed E-state index contributed by atoms with van der Waals surface area (Å²) >= 11 is 0. The van der Waals surface area contributed by atoms with E-state index in [9.17, 15) is 22.7 Å². The van der Waals surface area contributed by atoms with Crippen molar-refractivity contribution in [3.8, 4) is 0 Å². The van der Waals surface area contributed by atoms with Crippen molar-refractivity contribution >= 4 is 0 Å². The van der Waals surface area contributed by atoms with Gasteiger partial charge in [0.2, 0.25) is 0 Å². The molecule has 0 aliphatic carbocycles. The monoisotopic (exact) mass is 234 g/mol. The molecule has 0 heterocycles. The molecule has 16 heavy (non-hydrogen) atoms. The van der Waals surface area contributed by atoms with Gasteiger partial charge in [0.05, 0.1) is 5.56 Å². The van der Waals surface area contributed by atoms with Crippen LogP contribution in [-0.4, -0.2) is 5.11 Å². The molecule has 0 aromatic heterocycles. The van der Waals surface area contributed by atoms with Crippen LogP contribution in [0.3, 0.4) is 0 Å². The minimum atomic E-state index is -4.77. The number of aliphatic hydroxyl groups excluding tert-OH is 1. The summed E-state index contributed by atoms with van der Waals surface area (Å²) in [7, 11) is 0. The van der Waals surface area contributed by atoms with Crippen LogP contribution in [0.5, 0.6) is 0 Å². The molecule has 0 amide bonds. The van der Waals surface area contributed by atoms with Crippen molar-refractivity contribution in [1.29, 1.82) is 0 Å². The topological polar surface area (TPSA) is 20.2 Å². The Morgan fingerprint density at radius 1 is 1.38 bits per heavy atom. The molecule has 1 nitrogen and oxygen atoms in total. The number of halogens is 4. The van der Waals surface area contributed by atoms with Crippen LogP contribution < -0.4 is 0 Å². The molecule has 1 rings (SSSR count). The van der Waals surface area contributed by atoms with Crippen molar-refractivity contribution in [2.24, 2.45) is 0 Å². The number of hydrogen-bond acceptors (Lipinski definition) is 1. The molecule has 1 atom stereocenters. The second kappa shape index (κ2) is 4.25. The maximum absolute atomic E-state index is 13.5. The van der Waals surface area contributed by atoms with E-state index >= 15 is 0 Å². The van der Waals surface area contributed by atoms with E-state index in [0.717, 1.165) is 12.1 Å². The second-order valence-electron chi connectivity index (χ2n) is 3.46. The molecule has 0 aliphatic rings. The van der Waals surface area contributed by atoms with Crippen LogP contribution in [0.15, 0.2) is 30.4 Å². The lowest BCUT2D eigenvalue weighted by Gasteiger charge is -2.15. The summed E-state index contributed by atoms with van der Waals surface area (Å²) in [5, 5.41) is 9.46. The standard InChI is InChI=1S/C11H10F4O/c1-6(2)10(16)7-4-3-5-8(9(7)12)11(13,14)15/h3-5,10,16H,1H2,2H3. The lowest BCUT2D eigenvalue weighted by molar-refractivity contribution is -0.140. The van der Waals surface area contributed by atoms with Gasteiger partial charge in [-0.1, -0.05) is 18.7 Å². The highest BCUT2D eigenvalue weighted by atomic mass is 19.4. The zero-order valence-electron chi connectivity index (χ0n) is 8.48. The normalized spacial score (nSPS) is 13.6. The van der Waals surface area contributed by atoms with Gasteiger partial charge < -0.3 is 5.11 Å². The maximum Gasteiger partial charge on any atom is 0.419 e. The van der Waals surface area contributed by atoms with Crippen LogP contribution in [-0.2, 0) is 6.18 Å². The van der Waals surface area contributed by atoms with Gasteiger partial charge in [0.15, 0.2) is 0 Å². The summed E-state index contributed by atoms with van der Waals surface area (Å²) < 4.78 is 50.5. The third-order valence-electron chi connectivity index (χ3n) is 2.10. The second-order valence-corrected chi connectivity index (χ2v) is 3.46. The third kappa shape index (κ3) is 2.41. The number of rotatable bonds is 2. The highest BCUT2D eigenvalue weighted by molar-refractivity contribution is 5.32. The minimum Gasteiger partial charge on any atom is -0.384 e. The predicted molar refractivity (Wildman–Crippen MR) is 51.2 cm³/mol. The molecule has 1 unspecified atom stereocenters. The van der Waals surface area contributed by atoms with E-state index in [0.29, 0.717) is 6.07 Å². The smallest absolute Gasteiger partial charge is 0.384 e. The fourth-order valence-electron chi connectivity index (χ4n) is 1.25. The molecular formula is C11H10F4O. The zero-order chi connectivity index (χ0) is 12.5. The summed E-state index contributed by atoms with van der Waals surface area (Å²) in [6.45, 7) is 4.77. The molecule has 0 spiro atoms. The van der Waals surface area contributed by atoms with Gasteiger partial charge in [-0.05, 0) is 18.6 Å². The Morgan fingerprint density at radius 3 is 2.38 bits per heavy atom. The highest BCUT2D eigenvalue weighted by Crippen LogP contribution is 2.34. The van der Waals surface area contributed by atoms with Crippen LogP contribution >= 0.6 is 0 Å². The molecule has 0 aliphatic heterocycles. The van der Waals surface area contributed by atoms with E-state index in [-0.39, 0.29) is 5.57 Å². The Hall–Kier alpha value is -1.36. The molecule has 1 aromatic rings. The minimum absolute atomic E-state index is 0.179. The van der Waals surface area contributed by atoms with Gasteiger partial charge in [-0.25, -0.2) is 4.39 Å². The Morgan fingerprint density at radius 2 is 1.94 bits per heavy atom. The summed E-state index contributed by atoms with van der Waals surface area (Å²) in [6, 6.07) is 2.78. The molecule has 0 radical (unpaired) electrons.